The third kappa shape index (κ3) is 2.12. The lowest BCUT2D eigenvalue weighted by molar-refractivity contribution is 0.301. The van der Waals surface area contributed by atoms with Crippen LogP contribution in [0.4, 0.5) is 4.39 Å². The number of aromatic nitrogens is 1. The molecule has 0 atom stereocenters. The molecule has 0 radical (unpaired) electrons. The minimum absolute atomic E-state index is 0.269. The van der Waals surface area contributed by atoms with Gasteiger partial charge in [-0.05, 0) is 50.3 Å². The fraction of sp³-hybridized carbons (Fsp3) is 0.500. The summed E-state index contributed by atoms with van der Waals surface area (Å²) in [7, 11) is 0. The fourth-order valence-electron chi connectivity index (χ4n) is 2.74. The Bertz CT molecular complexity index is 544. The number of rotatable bonds is 2. The molecule has 1 fully saturated rings. The lowest BCUT2D eigenvalue weighted by Crippen LogP contribution is -2.20. The number of hydrogen-bond donors (Lipinski definition) is 1. The molecule has 18 heavy (non-hydrogen) atoms. The van der Waals surface area contributed by atoms with Crippen LogP contribution < -0.4 is 5.73 Å². The van der Waals surface area contributed by atoms with E-state index in [-0.39, 0.29) is 5.82 Å². The molecule has 1 heterocycles. The van der Waals surface area contributed by atoms with Gasteiger partial charge in [-0.15, -0.1) is 0 Å². The van der Waals surface area contributed by atoms with Gasteiger partial charge in [0.25, 0.3) is 0 Å². The molecule has 4 heteroatoms. The first-order valence-corrected chi connectivity index (χ1v) is 6.52. The Morgan fingerprint density at radius 1 is 1.28 bits per heavy atom. The summed E-state index contributed by atoms with van der Waals surface area (Å²) in [5, 5.41) is 0. The van der Waals surface area contributed by atoms with Crippen molar-refractivity contribution in [2.45, 2.75) is 31.6 Å². The van der Waals surface area contributed by atoms with Crippen LogP contribution in [0.2, 0.25) is 0 Å². The van der Waals surface area contributed by atoms with Crippen molar-refractivity contribution in [1.82, 2.24) is 4.98 Å². The summed E-state index contributed by atoms with van der Waals surface area (Å²) >= 11 is 0. The second-order valence-corrected chi connectivity index (χ2v) is 5.12. The van der Waals surface area contributed by atoms with E-state index in [0.717, 1.165) is 38.1 Å². The Morgan fingerprint density at radius 2 is 2.06 bits per heavy atom. The zero-order chi connectivity index (χ0) is 12.5. The molecule has 1 saturated carbocycles. The molecule has 0 aliphatic heterocycles. The van der Waals surface area contributed by atoms with Crippen LogP contribution in [0.3, 0.4) is 0 Å². The first-order chi connectivity index (χ1) is 8.76. The van der Waals surface area contributed by atoms with Gasteiger partial charge in [-0.3, -0.25) is 0 Å². The van der Waals surface area contributed by atoms with Crippen molar-refractivity contribution in [3.05, 3.63) is 29.9 Å². The van der Waals surface area contributed by atoms with Crippen LogP contribution in [0, 0.1) is 11.7 Å². The molecule has 0 bridgehead atoms. The molecule has 0 amide bonds. The van der Waals surface area contributed by atoms with Gasteiger partial charge in [0, 0.05) is 12.0 Å². The zero-order valence-corrected chi connectivity index (χ0v) is 10.2. The Morgan fingerprint density at radius 3 is 2.78 bits per heavy atom. The summed E-state index contributed by atoms with van der Waals surface area (Å²) < 4.78 is 18.8. The van der Waals surface area contributed by atoms with Crippen LogP contribution in [0.1, 0.15) is 37.5 Å². The lowest BCUT2D eigenvalue weighted by atomic mass is 9.82. The molecule has 0 saturated heterocycles. The Kier molecular flexibility index (Phi) is 3.04. The van der Waals surface area contributed by atoms with Gasteiger partial charge < -0.3 is 10.2 Å². The topological polar surface area (TPSA) is 52.0 Å². The monoisotopic (exact) mass is 248 g/mol. The van der Waals surface area contributed by atoms with Gasteiger partial charge in [-0.25, -0.2) is 9.37 Å². The molecule has 2 N–H and O–H groups in total. The highest BCUT2D eigenvalue weighted by molar-refractivity contribution is 5.72. The number of nitrogens with two attached hydrogens (primary N) is 1. The maximum absolute atomic E-state index is 13.1. The Labute approximate surface area is 105 Å². The van der Waals surface area contributed by atoms with E-state index in [1.807, 2.05) is 0 Å². The van der Waals surface area contributed by atoms with Crippen LogP contribution >= 0.6 is 0 Å². The maximum Gasteiger partial charge on any atom is 0.198 e. The number of nitrogens with zero attached hydrogens (tertiary/aromatic N) is 1. The quantitative estimate of drug-likeness (QED) is 0.887. The average Bonchev–Trinajstić information content (AvgIpc) is 2.81. The smallest absolute Gasteiger partial charge is 0.198 e. The molecule has 2 aromatic rings. The molecule has 1 aliphatic carbocycles. The van der Waals surface area contributed by atoms with E-state index < -0.39 is 0 Å². The van der Waals surface area contributed by atoms with Gasteiger partial charge in [0.2, 0.25) is 0 Å². The van der Waals surface area contributed by atoms with Gasteiger partial charge in [-0.2, -0.15) is 0 Å². The summed E-state index contributed by atoms with van der Waals surface area (Å²) in [5.41, 5.74) is 6.97. The first kappa shape index (κ1) is 11.7. The number of fused-ring (bicyclic) bond motifs is 1. The number of hydrogen-bond acceptors (Lipinski definition) is 3. The van der Waals surface area contributed by atoms with E-state index in [1.54, 1.807) is 6.07 Å². The standard InChI is InChI=1S/C14H17FN2O/c15-11-5-6-13-12(7-11)17-14(18-13)10-3-1-9(8-16)2-4-10/h5-7,9-10H,1-4,8,16H2. The summed E-state index contributed by atoms with van der Waals surface area (Å²) in [4.78, 5) is 4.41. The summed E-state index contributed by atoms with van der Waals surface area (Å²) in [6.07, 6.45) is 4.40. The van der Waals surface area contributed by atoms with E-state index in [1.165, 1.54) is 12.1 Å². The second kappa shape index (κ2) is 4.69. The minimum atomic E-state index is -0.269. The van der Waals surface area contributed by atoms with E-state index in [2.05, 4.69) is 4.98 Å². The predicted molar refractivity (Wildman–Crippen MR) is 67.7 cm³/mol. The second-order valence-electron chi connectivity index (χ2n) is 5.12. The molecule has 0 unspecified atom stereocenters. The Balaban J connectivity index is 1.82. The van der Waals surface area contributed by atoms with E-state index in [4.69, 9.17) is 10.2 Å². The molecule has 1 aliphatic rings. The van der Waals surface area contributed by atoms with Gasteiger partial charge >= 0.3 is 0 Å². The van der Waals surface area contributed by atoms with E-state index in [0.29, 0.717) is 22.9 Å². The molecule has 1 aromatic heterocycles. The molecule has 96 valence electrons. The van der Waals surface area contributed by atoms with Crippen molar-refractivity contribution in [1.29, 1.82) is 0 Å². The van der Waals surface area contributed by atoms with Gasteiger partial charge in [0.1, 0.15) is 11.3 Å². The summed E-state index contributed by atoms with van der Waals surface area (Å²) in [6.45, 7) is 0.769. The average molecular weight is 248 g/mol. The van der Waals surface area contributed by atoms with Crippen molar-refractivity contribution in [2.24, 2.45) is 11.7 Å². The summed E-state index contributed by atoms with van der Waals surface area (Å²) in [6, 6.07) is 4.48. The molecule has 0 spiro atoms. The van der Waals surface area contributed by atoms with Crippen LogP contribution in [0.25, 0.3) is 11.1 Å². The highest BCUT2D eigenvalue weighted by atomic mass is 19.1. The SMILES string of the molecule is NCC1CCC(c2nc3cc(F)ccc3o2)CC1. The van der Waals surface area contributed by atoms with Crippen molar-refractivity contribution in [3.63, 3.8) is 0 Å². The van der Waals surface area contributed by atoms with Gasteiger partial charge in [-0.1, -0.05) is 0 Å². The number of oxazole rings is 1. The predicted octanol–water partition coefficient (Wildman–Crippen LogP) is 3.20. The van der Waals surface area contributed by atoms with Gasteiger partial charge in [0.05, 0.1) is 0 Å². The highest BCUT2D eigenvalue weighted by Gasteiger charge is 2.25. The van der Waals surface area contributed by atoms with Crippen LogP contribution in [0.15, 0.2) is 22.6 Å². The highest BCUT2D eigenvalue weighted by Crippen LogP contribution is 2.36. The lowest BCUT2D eigenvalue weighted by Gasteiger charge is -2.25. The van der Waals surface area contributed by atoms with Crippen LogP contribution in [-0.2, 0) is 0 Å². The zero-order valence-electron chi connectivity index (χ0n) is 10.2. The fourth-order valence-corrected chi connectivity index (χ4v) is 2.74. The normalized spacial score (nSPS) is 24.6. The Hall–Kier alpha value is -1.42. The first-order valence-electron chi connectivity index (χ1n) is 6.52. The van der Waals surface area contributed by atoms with E-state index >= 15 is 0 Å². The number of benzene rings is 1. The minimum Gasteiger partial charge on any atom is -0.440 e. The van der Waals surface area contributed by atoms with Crippen LogP contribution in [-0.4, -0.2) is 11.5 Å². The molecule has 3 nitrogen and oxygen atoms in total. The summed E-state index contributed by atoms with van der Waals surface area (Å²) in [5.74, 6) is 1.49. The maximum atomic E-state index is 13.1. The van der Waals surface area contributed by atoms with Crippen LogP contribution in [0.5, 0.6) is 0 Å². The molecular formula is C14H17FN2O. The van der Waals surface area contributed by atoms with Gasteiger partial charge in [0.15, 0.2) is 11.5 Å². The third-order valence-corrected chi connectivity index (χ3v) is 3.90. The van der Waals surface area contributed by atoms with Crippen molar-refractivity contribution in [3.8, 4) is 0 Å². The third-order valence-electron chi connectivity index (χ3n) is 3.90. The molecule has 3 rings (SSSR count). The number of halogens is 1. The van der Waals surface area contributed by atoms with Crippen molar-refractivity contribution >= 4 is 11.1 Å². The van der Waals surface area contributed by atoms with Crippen molar-refractivity contribution < 1.29 is 8.81 Å². The van der Waals surface area contributed by atoms with E-state index in [9.17, 15) is 4.39 Å². The molecular weight excluding hydrogens is 231 g/mol. The van der Waals surface area contributed by atoms with Crippen molar-refractivity contribution in [2.75, 3.05) is 6.54 Å². The molecule has 1 aromatic carbocycles. The largest absolute Gasteiger partial charge is 0.440 e.